The summed E-state index contributed by atoms with van der Waals surface area (Å²) in [5.74, 6) is -2.48. The number of primary amides is 1. The van der Waals surface area contributed by atoms with Gasteiger partial charge in [-0.2, -0.15) is 0 Å². The molecule has 1 heterocycles. The molecule has 0 aromatic carbocycles. The van der Waals surface area contributed by atoms with Gasteiger partial charge in [-0.05, 0) is 41.4 Å². The number of nitrogens with one attached hydrogen (secondary N) is 3. The van der Waals surface area contributed by atoms with Crippen molar-refractivity contribution in [1.29, 1.82) is 0 Å². The van der Waals surface area contributed by atoms with E-state index in [2.05, 4.69) is 16.0 Å². The van der Waals surface area contributed by atoms with Gasteiger partial charge in [0.1, 0.15) is 12.1 Å². The van der Waals surface area contributed by atoms with Crippen molar-refractivity contribution >= 4 is 35.4 Å². The maximum absolute atomic E-state index is 14.3. The minimum atomic E-state index is -1.10. The van der Waals surface area contributed by atoms with E-state index in [-0.39, 0.29) is 29.7 Å². The first kappa shape index (κ1) is 38.0. The standard InChI is InChI=1S/C33H58N6O6/c1-19(2)22-16-17-39(25(22)29(43)35-23(26(41)28(34)42)13-11-12-21-14-15-21)30(44)27(33(7,8)9)37-31(45)36-24(32(4,5)6)18-38(10)20(3)40/h19,21-25,27H,11-18H2,1-10H3,(H2,34,42)(H,35,43)(H2,36,37,45)/t22-,23?,24-,25+,27-/m1/s1. The molecule has 1 unspecified atom stereocenters. The first-order chi connectivity index (χ1) is 20.6. The third-order valence-corrected chi connectivity index (χ3v) is 9.26. The molecule has 0 aromatic rings. The van der Waals surface area contributed by atoms with E-state index in [0.717, 1.165) is 19.3 Å². The molecule has 6 amide bonds. The summed E-state index contributed by atoms with van der Waals surface area (Å²) in [5.41, 5.74) is 4.22. The highest BCUT2D eigenvalue weighted by molar-refractivity contribution is 6.37. The van der Waals surface area contributed by atoms with Crippen LogP contribution in [0.4, 0.5) is 4.79 Å². The first-order valence-electron chi connectivity index (χ1n) is 16.4. The molecule has 0 radical (unpaired) electrons. The zero-order chi connectivity index (χ0) is 34.4. The highest BCUT2D eigenvalue weighted by atomic mass is 16.2. The molecule has 12 nitrogen and oxygen atoms in total. The van der Waals surface area contributed by atoms with Crippen molar-refractivity contribution in [3.05, 3.63) is 0 Å². The van der Waals surface area contributed by atoms with Crippen molar-refractivity contribution in [2.45, 2.75) is 125 Å². The number of nitrogens with zero attached hydrogens (tertiary/aromatic N) is 2. The van der Waals surface area contributed by atoms with E-state index in [1.807, 2.05) is 55.4 Å². The molecule has 256 valence electrons. The van der Waals surface area contributed by atoms with Crippen molar-refractivity contribution in [2.75, 3.05) is 20.1 Å². The van der Waals surface area contributed by atoms with Crippen molar-refractivity contribution in [1.82, 2.24) is 25.8 Å². The molecular weight excluding hydrogens is 576 g/mol. The Kier molecular flexibility index (Phi) is 13.0. The van der Waals surface area contributed by atoms with Crippen LogP contribution >= 0.6 is 0 Å². The smallest absolute Gasteiger partial charge is 0.315 e. The van der Waals surface area contributed by atoms with E-state index in [9.17, 15) is 28.8 Å². The average Bonchev–Trinajstić information content (AvgIpc) is 3.62. The lowest BCUT2D eigenvalue weighted by molar-refractivity contribution is -0.144. The molecule has 0 bridgehead atoms. The van der Waals surface area contributed by atoms with Crippen LogP contribution in [0.2, 0.25) is 0 Å². The van der Waals surface area contributed by atoms with Gasteiger partial charge in [0, 0.05) is 27.1 Å². The number of carbonyl (C=O) groups excluding carboxylic acids is 6. The van der Waals surface area contributed by atoms with Crippen LogP contribution in [0.1, 0.15) is 101 Å². The Morgan fingerprint density at radius 3 is 1.98 bits per heavy atom. The number of likely N-dealkylation sites (N-methyl/N-ethyl adjacent to an activating group) is 1. The predicted molar refractivity (Wildman–Crippen MR) is 173 cm³/mol. The number of hydrogen-bond donors (Lipinski definition) is 4. The van der Waals surface area contributed by atoms with Crippen molar-refractivity contribution < 1.29 is 28.8 Å². The van der Waals surface area contributed by atoms with Crippen LogP contribution in [0.3, 0.4) is 0 Å². The summed E-state index contributed by atoms with van der Waals surface area (Å²) < 4.78 is 0. The second-order valence-corrected chi connectivity index (χ2v) is 15.6. The summed E-state index contributed by atoms with van der Waals surface area (Å²) >= 11 is 0. The number of carbonyl (C=O) groups is 6. The van der Waals surface area contributed by atoms with E-state index in [1.165, 1.54) is 16.7 Å². The molecule has 1 aliphatic carbocycles. The maximum atomic E-state index is 14.3. The highest BCUT2D eigenvalue weighted by Crippen LogP contribution is 2.35. The topological polar surface area (TPSA) is 171 Å². The molecule has 2 fully saturated rings. The third-order valence-electron chi connectivity index (χ3n) is 9.26. The van der Waals surface area contributed by atoms with Gasteiger partial charge in [0.25, 0.3) is 5.91 Å². The molecule has 5 atom stereocenters. The second-order valence-electron chi connectivity index (χ2n) is 15.6. The Morgan fingerprint density at radius 2 is 1.51 bits per heavy atom. The van der Waals surface area contributed by atoms with Gasteiger partial charge in [0.2, 0.25) is 23.5 Å². The zero-order valence-corrected chi connectivity index (χ0v) is 29.1. The molecule has 5 N–H and O–H groups in total. The predicted octanol–water partition coefficient (Wildman–Crippen LogP) is 2.59. The molecular formula is C33H58N6O6. The molecule has 12 heteroatoms. The monoisotopic (exact) mass is 634 g/mol. The molecule has 0 spiro atoms. The summed E-state index contributed by atoms with van der Waals surface area (Å²) in [6, 6.07) is -3.87. The Morgan fingerprint density at radius 1 is 0.911 bits per heavy atom. The summed E-state index contributed by atoms with van der Waals surface area (Å²) in [4.78, 5) is 81.0. The van der Waals surface area contributed by atoms with E-state index in [4.69, 9.17) is 5.73 Å². The number of urea groups is 1. The lowest BCUT2D eigenvalue weighted by Crippen LogP contribution is -2.62. The van der Waals surface area contributed by atoms with Crippen LogP contribution in [-0.2, 0) is 24.0 Å². The van der Waals surface area contributed by atoms with Gasteiger partial charge in [0.15, 0.2) is 0 Å². The largest absolute Gasteiger partial charge is 0.363 e. The highest BCUT2D eigenvalue weighted by Gasteiger charge is 2.48. The van der Waals surface area contributed by atoms with Gasteiger partial charge in [-0.15, -0.1) is 0 Å². The SMILES string of the molecule is CC(=O)N(C)C[C@@H](NC(=O)N[C@H](C(=O)N1CC[C@H](C(C)C)[C@H]1C(=O)NC(CCCC1CC1)C(=O)C(N)=O)C(C)(C)C)C(C)(C)C. The number of Topliss-reactive ketones (excluding diaryl/α,β-unsaturated/α-hetero) is 1. The molecule has 1 aliphatic heterocycles. The Bertz CT molecular complexity index is 1110. The molecule has 0 aromatic heterocycles. The van der Waals surface area contributed by atoms with Crippen LogP contribution in [0.5, 0.6) is 0 Å². The van der Waals surface area contributed by atoms with Gasteiger partial charge in [-0.3, -0.25) is 24.0 Å². The summed E-state index contributed by atoms with van der Waals surface area (Å²) in [6.07, 6.45) is 4.79. The van der Waals surface area contributed by atoms with E-state index in [0.29, 0.717) is 31.7 Å². The molecule has 2 aliphatic rings. The summed E-state index contributed by atoms with van der Waals surface area (Å²) in [7, 11) is 1.67. The lowest BCUT2D eigenvalue weighted by Gasteiger charge is -2.38. The second kappa shape index (κ2) is 15.4. The number of likely N-dealkylation sites (tertiary alicyclic amines) is 1. The number of hydrogen-bond acceptors (Lipinski definition) is 6. The van der Waals surface area contributed by atoms with E-state index < -0.39 is 59.1 Å². The number of rotatable bonds is 14. The third kappa shape index (κ3) is 11.0. The zero-order valence-electron chi connectivity index (χ0n) is 29.1. The minimum Gasteiger partial charge on any atom is -0.363 e. The van der Waals surface area contributed by atoms with E-state index in [1.54, 1.807) is 7.05 Å². The average molecular weight is 635 g/mol. The number of amides is 6. The first-order valence-corrected chi connectivity index (χ1v) is 16.4. The molecule has 2 rings (SSSR count). The molecule has 45 heavy (non-hydrogen) atoms. The van der Waals surface area contributed by atoms with Crippen molar-refractivity contribution in [2.24, 2.45) is 34.3 Å². The molecule has 1 saturated carbocycles. The van der Waals surface area contributed by atoms with Gasteiger partial charge in [0.05, 0.1) is 12.1 Å². The van der Waals surface area contributed by atoms with Crippen LogP contribution in [0, 0.1) is 28.6 Å². The quantitative estimate of drug-likeness (QED) is 0.214. The fraction of sp³-hybridized carbons (Fsp3) is 0.818. The number of ketones is 1. The van der Waals surface area contributed by atoms with Gasteiger partial charge in [-0.25, -0.2) is 4.79 Å². The van der Waals surface area contributed by atoms with Crippen LogP contribution < -0.4 is 21.7 Å². The summed E-state index contributed by atoms with van der Waals surface area (Å²) in [5, 5.41) is 8.60. The molecule has 1 saturated heterocycles. The fourth-order valence-corrected chi connectivity index (χ4v) is 5.90. The summed E-state index contributed by atoms with van der Waals surface area (Å²) in [6.45, 7) is 17.4. The van der Waals surface area contributed by atoms with Crippen LogP contribution in [0.25, 0.3) is 0 Å². The van der Waals surface area contributed by atoms with Crippen LogP contribution in [0.15, 0.2) is 0 Å². The van der Waals surface area contributed by atoms with Crippen LogP contribution in [-0.4, -0.2) is 89.5 Å². The van der Waals surface area contributed by atoms with Crippen molar-refractivity contribution in [3.63, 3.8) is 0 Å². The number of nitrogens with two attached hydrogens (primary N) is 1. The Hall–Kier alpha value is -3.18. The normalized spacial score (nSPS) is 20.6. The van der Waals surface area contributed by atoms with Gasteiger partial charge in [-0.1, -0.05) is 81.1 Å². The van der Waals surface area contributed by atoms with Crippen molar-refractivity contribution in [3.8, 4) is 0 Å². The maximum Gasteiger partial charge on any atom is 0.315 e. The van der Waals surface area contributed by atoms with Gasteiger partial charge >= 0.3 is 6.03 Å². The van der Waals surface area contributed by atoms with Gasteiger partial charge < -0.3 is 31.5 Å². The Balaban J connectivity index is 2.30. The van der Waals surface area contributed by atoms with E-state index >= 15 is 0 Å². The lowest BCUT2D eigenvalue weighted by atomic mass is 9.84. The minimum absolute atomic E-state index is 0.0499. The fourth-order valence-electron chi connectivity index (χ4n) is 5.90. The Labute approximate surface area is 269 Å².